The molecular formula is C112H132O20. The van der Waals surface area contributed by atoms with E-state index in [1.807, 2.05) is 72.8 Å². The minimum absolute atomic E-state index is 0.162. The number of rotatable bonds is 50. The van der Waals surface area contributed by atoms with Gasteiger partial charge in [-0.15, -0.1) is 0 Å². The molecule has 0 bridgehead atoms. The molecule has 0 aromatic heterocycles. The van der Waals surface area contributed by atoms with Crippen LogP contribution in [0.2, 0.25) is 0 Å². The zero-order valence-corrected chi connectivity index (χ0v) is 80.6. The van der Waals surface area contributed by atoms with Gasteiger partial charge in [0.2, 0.25) is 23.0 Å². The van der Waals surface area contributed by atoms with E-state index in [1.54, 1.807) is 142 Å². The van der Waals surface area contributed by atoms with Crippen LogP contribution < -0.4 is 94.7 Å². The molecule has 0 fully saturated rings. The van der Waals surface area contributed by atoms with E-state index in [1.165, 1.54) is 44.5 Å². The second kappa shape index (κ2) is 50.2. The number of aryl methyl sites for hydroxylation is 10. The van der Waals surface area contributed by atoms with Crippen LogP contribution in [-0.4, -0.2) is 142 Å². The number of hydrogen-bond acceptors (Lipinski definition) is 20. The Kier molecular flexibility index (Phi) is 37.7. The monoisotopic (exact) mass is 1800 g/mol. The van der Waals surface area contributed by atoms with Crippen LogP contribution in [0.1, 0.15) is 114 Å². The third kappa shape index (κ3) is 26.1. The molecule has 0 radical (unpaired) electrons. The van der Waals surface area contributed by atoms with Gasteiger partial charge in [-0.3, -0.25) is 0 Å². The molecule has 0 unspecified atom stereocenters. The van der Waals surface area contributed by atoms with Crippen LogP contribution in [0.15, 0.2) is 218 Å². The van der Waals surface area contributed by atoms with E-state index in [4.69, 9.17) is 94.7 Å². The van der Waals surface area contributed by atoms with Gasteiger partial charge >= 0.3 is 0 Å². The second-order valence-corrected chi connectivity index (χ2v) is 32.6. The summed E-state index contributed by atoms with van der Waals surface area (Å²) in [7, 11) is 33.4. The zero-order valence-electron chi connectivity index (χ0n) is 80.6. The minimum atomic E-state index is 0.162. The third-order valence-corrected chi connectivity index (χ3v) is 25.1. The van der Waals surface area contributed by atoms with Crippen LogP contribution in [0, 0.1) is 11.8 Å². The van der Waals surface area contributed by atoms with Crippen molar-refractivity contribution in [2.75, 3.05) is 142 Å². The lowest BCUT2D eigenvalue weighted by atomic mass is 9.75. The minimum Gasteiger partial charge on any atom is -0.497 e. The summed E-state index contributed by atoms with van der Waals surface area (Å²) in [6.07, 6.45) is 13.2. The molecule has 0 aliphatic heterocycles. The first kappa shape index (κ1) is 99.2. The van der Waals surface area contributed by atoms with Gasteiger partial charge in [0.25, 0.3) is 0 Å². The van der Waals surface area contributed by atoms with Gasteiger partial charge in [0.15, 0.2) is 46.0 Å². The van der Waals surface area contributed by atoms with E-state index in [2.05, 4.69) is 146 Å². The molecule has 0 aliphatic carbocycles. The summed E-state index contributed by atoms with van der Waals surface area (Å²) in [5, 5.41) is 0. The Hall–Kier alpha value is -13.4. The topological polar surface area (TPSA) is 185 Å². The summed E-state index contributed by atoms with van der Waals surface area (Å²) in [6.45, 7) is 0. The molecular weight excluding hydrogens is 1670 g/mol. The maximum absolute atomic E-state index is 6.09. The molecule has 0 aliphatic rings. The summed E-state index contributed by atoms with van der Waals surface area (Å²) in [6, 6.07) is 76.9. The highest BCUT2D eigenvalue weighted by Crippen LogP contribution is 2.46. The molecule has 132 heavy (non-hydrogen) atoms. The molecule has 12 aromatic rings. The van der Waals surface area contributed by atoms with Crippen molar-refractivity contribution in [2.24, 2.45) is 11.8 Å². The normalized spacial score (nSPS) is 11.8. The summed E-state index contributed by atoms with van der Waals surface area (Å²) < 4.78 is 114. The molecule has 12 rings (SSSR count). The molecule has 0 N–H and O–H groups in total. The Morgan fingerprint density at radius 1 is 0.159 bits per heavy atom. The predicted octanol–water partition coefficient (Wildman–Crippen LogP) is 22.3. The smallest absolute Gasteiger partial charge is 0.203 e. The van der Waals surface area contributed by atoms with Gasteiger partial charge < -0.3 is 94.7 Å². The molecule has 0 saturated carbocycles. The molecule has 0 spiro atoms. The number of hydrogen-bond donors (Lipinski definition) is 0. The quantitative estimate of drug-likeness (QED) is 0.0350. The van der Waals surface area contributed by atoms with Gasteiger partial charge in [-0.25, -0.2) is 0 Å². The molecule has 12 aromatic carbocycles. The summed E-state index contributed by atoms with van der Waals surface area (Å²) in [5.41, 5.74) is 18.8. The lowest BCUT2D eigenvalue weighted by molar-refractivity contribution is 0.323. The van der Waals surface area contributed by atoms with Crippen LogP contribution >= 0.6 is 0 Å². The average Bonchev–Trinajstić information content (AvgIpc) is 0.786. The Bertz CT molecular complexity index is 5170. The Morgan fingerprint density at radius 3 is 0.545 bits per heavy atom. The van der Waals surface area contributed by atoms with Crippen molar-refractivity contribution in [1.82, 2.24) is 0 Å². The van der Waals surface area contributed by atoms with Crippen molar-refractivity contribution >= 4 is 0 Å². The van der Waals surface area contributed by atoms with Crippen LogP contribution in [0.5, 0.6) is 115 Å². The Labute approximate surface area is 781 Å². The Balaban J connectivity index is 0.000000255. The van der Waals surface area contributed by atoms with Crippen molar-refractivity contribution in [3.8, 4) is 115 Å². The third-order valence-electron chi connectivity index (χ3n) is 25.1. The van der Waals surface area contributed by atoms with Crippen LogP contribution in [-0.2, 0) is 89.9 Å². The summed E-state index contributed by atoms with van der Waals surface area (Å²) >= 11 is 0. The number of methoxy groups -OCH3 is 20. The second-order valence-electron chi connectivity index (χ2n) is 32.6. The average molecular weight is 1800 g/mol. The van der Waals surface area contributed by atoms with Crippen LogP contribution in [0.25, 0.3) is 0 Å². The van der Waals surface area contributed by atoms with Crippen molar-refractivity contribution in [1.29, 1.82) is 0 Å². The first-order valence-electron chi connectivity index (χ1n) is 44.7. The van der Waals surface area contributed by atoms with Crippen molar-refractivity contribution in [3.63, 3.8) is 0 Å². The number of benzene rings is 12. The van der Waals surface area contributed by atoms with E-state index in [9.17, 15) is 0 Å². The van der Waals surface area contributed by atoms with E-state index < -0.39 is 0 Å². The van der Waals surface area contributed by atoms with Crippen LogP contribution in [0.3, 0.4) is 0 Å². The fourth-order valence-electron chi connectivity index (χ4n) is 17.8. The highest BCUT2D eigenvalue weighted by atomic mass is 16.6. The molecule has 700 valence electrons. The summed E-state index contributed by atoms with van der Waals surface area (Å²) in [4.78, 5) is 0. The lowest BCUT2D eigenvalue weighted by Gasteiger charge is -2.29. The highest BCUT2D eigenvalue weighted by Gasteiger charge is 2.30. The highest BCUT2D eigenvalue weighted by molar-refractivity contribution is 5.58. The van der Waals surface area contributed by atoms with Gasteiger partial charge in [0.05, 0.1) is 142 Å². The molecule has 20 nitrogen and oxygen atoms in total. The predicted molar refractivity (Wildman–Crippen MR) is 522 cm³/mol. The number of ether oxygens (including phenoxy) is 20. The fraction of sp³-hybridized carbons (Fsp3) is 0.357. The largest absolute Gasteiger partial charge is 0.497 e. The van der Waals surface area contributed by atoms with E-state index >= 15 is 0 Å². The molecule has 4 atom stereocenters. The molecule has 0 heterocycles. The molecule has 0 saturated heterocycles. The maximum Gasteiger partial charge on any atom is 0.203 e. The SMILES string of the molecule is COc1ccc(CC[C@@H](Cc2ccc(CCc3cc(OC)c(OC)c(OC)c3)c(OC)c2)[C@H](Cc2ccc(CCc3cc(OC)c(OC)c(OC)c3)c(OC)c2)c2ccc(OC)cc2)cc1.COc1ccc(CC[C@H](Cc2ccc(CCc3cc(OC)c(OC)c(OC)c3)c(OC)c2)[C@@H](Cc2ccc(CCc3cc(OC)c(OC)c(OC)c3)c(OC)c2)c2ccc(OC)cc2)cc1. The zero-order chi connectivity index (χ0) is 94.0. The lowest BCUT2D eigenvalue weighted by Crippen LogP contribution is -2.19. The van der Waals surface area contributed by atoms with Gasteiger partial charge in [-0.05, 0) is 337 Å². The molecule has 0 amide bonds. The fourth-order valence-corrected chi connectivity index (χ4v) is 17.8. The van der Waals surface area contributed by atoms with Gasteiger partial charge in [0.1, 0.15) is 46.0 Å². The van der Waals surface area contributed by atoms with Crippen molar-refractivity contribution in [2.45, 2.75) is 115 Å². The maximum atomic E-state index is 6.09. The van der Waals surface area contributed by atoms with E-state index in [0.29, 0.717) is 69.0 Å². The standard InChI is InChI=1S/2C56H66O10/c2*1-57-46-25-16-37(17-26-46)11-22-45(29-38-12-18-43(49(31-38)59-3)20-14-40-33-51(61-5)55(65-9)52(34-40)62-6)48(42-23-27-47(58-2)28-24-42)30-39-13-19-44(50(32-39)60-4)21-15-41-35-53(63-7)56(66-10)54(36-41)64-8/h2*12-13,16-19,23-28,31-36,45,48H,11,14-15,20-22,29-30H2,1-10H3/t2*45-,48+/m10/s1. The van der Waals surface area contributed by atoms with Gasteiger partial charge in [-0.1, -0.05) is 97.1 Å². The van der Waals surface area contributed by atoms with Crippen LogP contribution in [0.4, 0.5) is 0 Å². The van der Waals surface area contributed by atoms with Crippen molar-refractivity contribution < 1.29 is 94.7 Å². The van der Waals surface area contributed by atoms with Crippen molar-refractivity contribution in [3.05, 3.63) is 307 Å². The van der Waals surface area contributed by atoms with E-state index in [0.717, 1.165) is 193 Å². The van der Waals surface area contributed by atoms with Gasteiger partial charge in [0, 0.05) is 0 Å². The van der Waals surface area contributed by atoms with Gasteiger partial charge in [-0.2, -0.15) is 0 Å². The summed E-state index contributed by atoms with van der Waals surface area (Å²) in [5.74, 6) is 15.1. The first-order valence-corrected chi connectivity index (χ1v) is 44.7. The van der Waals surface area contributed by atoms with E-state index in [-0.39, 0.29) is 23.7 Å². The first-order chi connectivity index (χ1) is 64.4. The Morgan fingerprint density at radius 2 is 0.348 bits per heavy atom. The molecule has 20 heteroatoms.